The zero-order chi connectivity index (χ0) is 18.2. The van der Waals surface area contributed by atoms with Gasteiger partial charge in [-0.05, 0) is 38.8 Å². The molecule has 0 aliphatic carbocycles. The number of nitrogens with zero attached hydrogens (tertiary/aromatic N) is 2. The summed E-state index contributed by atoms with van der Waals surface area (Å²) < 4.78 is 5.36. The lowest BCUT2D eigenvalue weighted by Crippen LogP contribution is -2.48. The van der Waals surface area contributed by atoms with Crippen molar-refractivity contribution < 1.29 is 9.21 Å². The number of hydrogen-bond donors (Lipinski definition) is 3. The van der Waals surface area contributed by atoms with Crippen LogP contribution in [0.3, 0.4) is 0 Å². The van der Waals surface area contributed by atoms with Gasteiger partial charge in [0.2, 0.25) is 0 Å². The minimum Gasteiger partial charge on any atom is -0.454 e. The van der Waals surface area contributed by atoms with Crippen LogP contribution in [0.4, 0.5) is 0 Å². The largest absolute Gasteiger partial charge is 0.454 e. The Hall–Kier alpha value is -2.28. The molecule has 0 aromatic carbocycles. The van der Waals surface area contributed by atoms with Crippen LogP contribution in [0.25, 0.3) is 0 Å². The molecule has 0 spiro atoms. The van der Waals surface area contributed by atoms with Crippen molar-refractivity contribution in [3.63, 3.8) is 0 Å². The molecule has 1 aliphatic heterocycles. The number of likely N-dealkylation sites (tertiary alicyclic amines) is 1. The summed E-state index contributed by atoms with van der Waals surface area (Å²) in [6.07, 6.45) is 2.15. The predicted octanol–water partition coefficient (Wildman–Crippen LogP) is 1.47. The van der Waals surface area contributed by atoms with E-state index in [1.54, 1.807) is 12.1 Å². The molecule has 7 nitrogen and oxygen atoms in total. The monoisotopic (exact) mass is 347 g/mol. The third kappa shape index (κ3) is 6.26. The lowest BCUT2D eigenvalue weighted by atomic mass is 10.0. The Kier molecular flexibility index (Phi) is 7.06. The second-order valence-electron chi connectivity index (χ2n) is 6.48. The van der Waals surface area contributed by atoms with Crippen molar-refractivity contribution in [2.45, 2.75) is 39.3 Å². The van der Waals surface area contributed by atoms with Gasteiger partial charge in [-0.2, -0.15) is 0 Å². The molecule has 0 unspecified atom stereocenters. The molecule has 7 heteroatoms. The van der Waals surface area contributed by atoms with E-state index in [4.69, 9.17) is 10.2 Å². The molecular formula is C18H29N5O2. The Morgan fingerprint density at radius 3 is 2.72 bits per heavy atom. The van der Waals surface area contributed by atoms with Gasteiger partial charge in [-0.3, -0.25) is 9.69 Å². The van der Waals surface area contributed by atoms with Crippen molar-refractivity contribution in [2.24, 2.45) is 10.7 Å². The predicted molar refractivity (Wildman–Crippen MR) is 99.5 cm³/mol. The lowest BCUT2D eigenvalue weighted by Gasteiger charge is -2.33. The molecule has 1 aromatic heterocycles. The number of carbonyl (C=O) groups is 1. The number of piperidine rings is 1. The quantitative estimate of drug-likeness (QED) is 0.394. The highest BCUT2D eigenvalue weighted by Crippen LogP contribution is 2.12. The Balaban J connectivity index is 1.87. The molecule has 138 valence electrons. The second-order valence-corrected chi connectivity index (χ2v) is 6.48. The first kappa shape index (κ1) is 19.1. The van der Waals surface area contributed by atoms with Gasteiger partial charge in [-0.1, -0.05) is 12.2 Å². The van der Waals surface area contributed by atoms with Crippen LogP contribution < -0.4 is 16.4 Å². The number of nitrogens with two attached hydrogens (primary N) is 1. The van der Waals surface area contributed by atoms with E-state index >= 15 is 0 Å². The van der Waals surface area contributed by atoms with E-state index in [0.29, 0.717) is 18.3 Å². The molecule has 1 aromatic rings. The number of nitrogens with one attached hydrogen (secondary N) is 2. The third-order valence-corrected chi connectivity index (χ3v) is 4.06. The Morgan fingerprint density at radius 1 is 1.44 bits per heavy atom. The highest BCUT2D eigenvalue weighted by molar-refractivity contribution is 5.89. The number of amides is 1. The first-order valence-electron chi connectivity index (χ1n) is 8.78. The number of hydrogen-bond acceptors (Lipinski definition) is 4. The number of primary amides is 1. The summed E-state index contributed by atoms with van der Waals surface area (Å²) in [6, 6.07) is 3.70. The van der Waals surface area contributed by atoms with Gasteiger partial charge in [0.15, 0.2) is 11.7 Å². The zero-order valence-electron chi connectivity index (χ0n) is 15.2. The van der Waals surface area contributed by atoms with Gasteiger partial charge in [0.05, 0.1) is 0 Å². The number of carbonyl (C=O) groups excluding carboxylic acids is 1. The topological polar surface area (TPSA) is 95.9 Å². The van der Waals surface area contributed by atoms with Gasteiger partial charge in [0.1, 0.15) is 12.3 Å². The first-order valence-corrected chi connectivity index (χ1v) is 8.78. The van der Waals surface area contributed by atoms with Crippen molar-refractivity contribution in [3.8, 4) is 0 Å². The van der Waals surface area contributed by atoms with E-state index in [0.717, 1.165) is 45.0 Å². The maximum absolute atomic E-state index is 11.1. The molecule has 1 amide bonds. The summed E-state index contributed by atoms with van der Waals surface area (Å²) in [5.41, 5.74) is 6.40. The van der Waals surface area contributed by atoms with E-state index in [-0.39, 0.29) is 5.76 Å². The van der Waals surface area contributed by atoms with Crippen LogP contribution in [-0.4, -0.2) is 49.0 Å². The van der Waals surface area contributed by atoms with Crippen LogP contribution in [0, 0.1) is 0 Å². The maximum Gasteiger partial charge on any atom is 0.284 e. The van der Waals surface area contributed by atoms with Crippen LogP contribution in [0.15, 0.2) is 33.7 Å². The second kappa shape index (κ2) is 9.27. The summed E-state index contributed by atoms with van der Waals surface area (Å²) in [7, 11) is 0. The number of furan rings is 1. The highest BCUT2D eigenvalue weighted by atomic mass is 16.3. The van der Waals surface area contributed by atoms with Crippen molar-refractivity contribution in [3.05, 3.63) is 35.8 Å². The lowest BCUT2D eigenvalue weighted by molar-refractivity contribution is 0.0972. The van der Waals surface area contributed by atoms with Crippen LogP contribution in [0.5, 0.6) is 0 Å². The molecule has 0 bridgehead atoms. The molecule has 4 N–H and O–H groups in total. The summed E-state index contributed by atoms with van der Waals surface area (Å²) >= 11 is 0. The number of aliphatic imine (C=N–C) groups is 1. The molecule has 1 saturated heterocycles. The average molecular weight is 347 g/mol. The molecule has 0 radical (unpaired) electrons. The van der Waals surface area contributed by atoms with Crippen LogP contribution in [-0.2, 0) is 6.54 Å². The van der Waals surface area contributed by atoms with Gasteiger partial charge in [-0.25, -0.2) is 4.99 Å². The van der Waals surface area contributed by atoms with Crippen molar-refractivity contribution in [2.75, 3.05) is 26.2 Å². The van der Waals surface area contributed by atoms with Crippen LogP contribution in [0.1, 0.15) is 43.0 Å². The fraction of sp³-hybridized carbons (Fsp3) is 0.556. The molecule has 0 atom stereocenters. The summed E-state index contributed by atoms with van der Waals surface area (Å²) in [5.74, 6) is 0.968. The Morgan fingerprint density at radius 2 is 2.16 bits per heavy atom. The fourth-order valence-corrected chi connectivity index (χ4v) is 2.88. The van der Waals surface area contributed by atoms with Gasteiger partial charge in [0, 0.05) is 32.2 Å². The van der Waals surface area contributed by atoms with Crippen LogP contribution >= 0.6 is 0 Å². The number of rotatable bonds is 7. The SMILES string of the molecule is C=C(C)CN1CCC(NC(=NCc2ccc(C(N)=O)o2)NCC)CC1. The smallest absolute Gasteiger partial charge is 0.284 e. The van der Waals surface area contributed by atoms with E-state index in [1.807, 2.05) is 6.92 Å². The van der Waals surface area contributed by atoms with E-state index in [1.165, 1.54) is 5.57 Å². The zero-order valence-corrected chi connectivity index (χ0v) is 15.2. The van der Waals surface area contributed by atoms with Crippen molar-refractivity contribution >= 4 is 11.9 Å². The van der Waals surface area contributed by atoms with Gasteiger partial charge < -0.3 is 20.8 Å². The molecular weight excluding hydrogens is 318 g/mol. The highest BCUT2D eigenvalue weighted by Gasteiger charge is 2.19. The minimum absolute atomic E-state index is 0.160. The molecule has 1 fully saturated rings. The first-order chi connectivity index (χ1) is 12.0. The van der Waals surface area contributed by atoms with E-state index < -0.39 is 5.91 Å². The van der Waals surface area contributed by atoms with Gasteiger partial charge >= 0.3 is 0 Å². The average Bonchev–Trinajstić information content (AvgIpc) is 3.03. The molecule has 0 saturated carbocycles. The van der Waals surface area contributed by atoms with Gasteiger partial charge in [-0.15, -0.1) is 0 Å². The minimum atomic E-state index is -0.568. The maximum atomic E-state index is 11.1. The summed E-state index contributed by atoms with van der Waals surface area (Å²) in [6.45, 7) is 12.3. The third-order valence-electron chi connectivity index (χ3n) is 4.06. The Bertz CT molecular complexity index is 615. The Labute approximate surface area is 149 Å². The van der Waals surface area contributed by atoms with Crippen LogP contribution in [0.2, 0.25) is 0 Å². The van der Waals surface area contributed by atoms with Crippen molar-refractivity contribution in [1.29, 1.82) is 0 Å². The van der Waals surface area contributed by atoms with E-state index in [9.17, 15) is 4.79 Å². The molecule has 2 rings (SSSR count). The molecule has 25 heavy (non-hydrogen) atoms. The van der Waals surface area contributed by atoms with Gasteiger partial charge in [0.25, 0.3) is 5.91 Å². The normalized spacial score (nSPS) is 16.6. The van der Waals surface area contributed by atoms with Crippen molar-refractivity contribution in [1.82, 2.24) is 15.5 Å². The number of guanidine groups is 1. The molecule has 2 heterocycles. The summed E-state index contributed by atoms with van der Waals surface area (Å²) in [5, 5.41) is 6.74. The standard InChI is InChI=1S/C18H29N5O2/c1-4-20-18(21-11-15-5-6-16(25-15)17(19)24)22-14-7-9-23(10-8-14)12-13(2)3/h5-6,14H,2,4,7-12H2,1,3H3,(H2,19,24)(H2,20,21,22). The molecule has 1 aliphatic rings. The fourth-order valence-electron chi connectivity index (χ4n) is 2.88. The van der Waals surface area contributed by atoms with E-state index in [2.05, 4.69) is 34.0 Å². The summed E-state index contributed by atoms with van der Waals surface area (Å²) in [4.78, 5) is 18.0.